The minimum atomic E-state index is -0.150. The molecule has 1 saturated carbocycles. The molecule has 1 aromatic heterocycles. The molecule has 1 aliphatic heterocycles. The van der Waals surface area contributed by atoms with E-state index in [1.807, 2.05) is 30.3 Å². The molecule has 2 aliphatic rings. The number of carbonyl (C=O) groups is 1. The summed E-state index contributed by atoms with van der Waals surface area (Å²) >= 11 is 0. The number of benzene rings is 1. The van der Waals surface area contributed by atoms with Crippen LogP contribution in [0.25, 0.3) is 11.5 Å². The summed E-state index contributed by atoms with van der Waals surface area (Å²) in [5, 5.41) is 3.21. The fourth-order valence-corrected chi connectivity index (χ4v) is 3.75. The van der Waals surface area contributed by atoms with Crippen LogP contribution in [-0.2, 0) is 16.0 Å². The van der Waals surface area contributed by atoms with Gasteiger partial charge >= 0.3 is 0 Å². The number of oxazole rings is 1. The van der Waals surface area contributed by atoms with Gasteiger partial charge in [0.05, 0.1) is 23.8 Å². The fraction of sp³-hybridized carbons (Fsp3) is 0.444. The van der Waals surface area contributed by atoms with Crippen molar-refractivity contribution < 1.29 is 13.9 Å². The van der Waals surface area contributed by atoms with Crippen LogP contribution in [0.15, 0.2) is 41.0 Å². The number of fused-ring (bicyclic) bond motifs is 1. The highest BCUT2D eigenvalue weighted by Gasteiger charge is 2.48. The smallest absolute Gasteiger partial charge is 0.226 e. The average Bonchev–Trinajstić information content (AvgIpc) is 3.23. The molecule has 0 radical (unpaired) electrons. The number of carbonyl (C=O) groups excluding carboxylic acids is 1. The number of ether oxygens (including phenoxy) is 1. The van der Waals surface area contributed by atoms with Crippen LogP contribution in [0, 0.1) is 0 Å². The van der Waals surface area contributed by atoms with Crippen molar-refractivity contribution in [3.8, 4) is 11.5 Å². The first kappa shape index (κ1) is 14.5. The van der Waals surface area contributed by atoms with E-state index in [4.69, 9.17) is 9.15 Å². The lowest BCUT2D eigenvalue weighted by Gasteiger charge is -2.28. The predicted molar refractivity (Wildman–Crippen MR) is 84.7 cm³/mol. The van der Waals surface area contributed by atoms with Gasteiger partial charge in [-0.2, -0.15) is 0 Å². The van der Waals surface area contributed by atoms with Gasteiger partial charge in [-0.25, -0.2) is 4.98 Å². The molecule has 1 amide bonds. The monoisotopic (exact) mass is 312 g/mol. The lowest BCUT2D eigenvalue weighted by atomic mass is 9.93. The van der Waals surface area contributed by atoms with Crippen LogP contribution < -0.4 is 5.32 Å². The molecular formula is C18H20N2O3. The van der Waals surface area contributed by atoms with Crippen molar-refractivity contribution >= 4 is 5.91 Å². The van der Waals surface area contributed by atoms with E-state index in [0.717, 1.165) is 37.9 Å². The number of amides is 1. The van der Waals surface area contributed by atoms with Gasteiger partial charge in [-0.15, -0.1) is 0 Å². The highest BCUT2D eigenvalue weighted by molar-refractivity contribution is 5.79. The molecule has 1 aliphatic carbocycles. The standard InChI is InChI=1S/C18H20N2O3/c21-16(20-18-8-4-7-15(18)22-10-9-18)11-14-12-23-17(19-14)13-5-2-1-3-6-13/h1-3,5-6,12,15H,4,7-11H2,(H,20,21)/t15-,18+/m1/s1. The van der Waals surface area contributed by atoms with Gasteiger partial charge in [0, 0.05) is 12.2 Å². The van der Waals surface area contributed by atoms with Gasteiger partial charge in [-0.1, -0.05) is 18.2 Å². The fourth-order valence-electron chi connectivity index (χ4n) is 3.75. The van der Waals surface area contributed by atoms with Gasteiger partial charge in [0.25, 0.3) is 0 Å². The normalized spacial score (nSPS) is 26.2. The summed E-state index contributed by atoms with van der Waals surface area (Å²) in [5.41, 5.74) is 1.42. The predicted octanol–water partition coefficient (Wildman–Crippen LogP) is 2.71. The summed E-state index contributed by atoms with van der Waals surface area (Å²) in [5.74, 6) is 0.546. The molecule has 5 heteroatoms. The molecule has 23 heavy (non-hydrogen) atoms. The number of hydrogen-bond acceptors (Lipinski definition) is 4. The quantitative estimate of drug-likeness (QED) is 0.943. The number of hydrogen-bond donors (Lipinski definition) is 1. The van der Waals surface area contributed by atoms with E-state index in [-0.39, 0.29) is 24.0 Å². The summed E-state index contributed by atoms with van der Waals surface area (Å²) in [7, 11) is 0. The highest BCUT2D eigenvalue weighted by Crippen LogP contribution is 2.39. The van der Waals surface area contributed by atoms with Crippen molar-refractivity contribution in [1.29, 1.82) is 0 Å². The molecule has 2 aromatic rings. The van der Waals surface area contributed by atoms with Gasteiger partial charge in [-0.05, 0) is 37.8 Å². The first-order valence-corrected chi connectivity index (χ1v) is 8.18. The van der Waals surface area contributed by atoms with E-state index >= 15 is 0 Å². The third kappa shape index (κ3) is 2.77. The van der Waals surface area contributed by atoms with E-state index in [1.54, 1.807) is 6.26 Å². The molecule has 1 aromatic carbocycles. The third-order valence-electron chi connectivity index (χ3n) is 4.88. The zero-order valence-corrected chi connectivity index (χ0v) is 13.0. The Balaban J connectivity index is 1.42. The van der Waals surface area contributed by atoms with Crippen LogP contribution in [-0.4, -0.2) is 29.1 Å². The van der Waals surface area contributed by atoms with E-state index in [9.17, 15) is 4.79 Å². The number of nitrogens with one attached hydrogen (secondary N) is 1. The molecule has 2 heterocycles. The lowest BCUT2D eigenvalue weighted by molar-refractivity contribution is -0.122. The molecule has 4 rings (SSSR count). The first-order chi connectivity index (χ1) is 11.3. The Morgan fingerprint density at radius 2 is 2.17 bits per heavy atom. The second-order valence-electron chi connectivity index (χ2n) is 6.39. The Kier molecular flexibility index (Phi) is 3.65. The summed E-state index contributed by atoms with van der Waals surface area (Å²) in [6, 6.07) is 9.69. The zero-order chi connectivity index (χ0) is 15.7. The van der Waals surface area contributed by atoms with E-state index in [0.29, 0.717) is 11.6 Å². The van der Waals surface area contributed by atoms with Crippen LogP contribution in [0.2, 0.25) is 0 Å². The van der Waals surface area contributed by atoms with Crippen LogP contribution >= 0.6 is 0 Å². The minimum absolute atomic E-state index is 0.00434. The van der Waals surface area contributed by atoms with E-state index < -0.39 is 0 Å². The molecule has 1 N–H and O–H groups in total. The Labute approximate surface area is 135 Å². The van der Waals surface area contributed by atoms with Crippen LogP contribution in [0.3, 0.4) is 0 Å². The van der Waals surface area contributed by atoms with Crippen LogP contribution in [0.5, 0.6) is 0 Å². The maximum absolute atomic E-state index is 12.4. The molecule has 0 spiro atoms. The molecule has 0 unspecified atom stereocenters. The Hall–Kier alpha value is -2.14. The molecule has 2 atom stereocenters. The maximum Gasteiger partial charge on any atom is 0.226 e. The number of nitrogens with zero attached hydrogens (tertiary/aromatic N) is 1. The summed E-state index contributed by atoms with van der Waals surface area (Å²) < 4.78 is 11.2. The third-order valence-corrected chi connectivity index (χ3v) is 4.88. The van der Waals surface area contributed by atoms with Crippen molar-refractivity contribution in [2.24, 2.45) is 0 Å². The van der Waals surface area contributed by atoms with Crippen molar-refractivity contribution in [3.63, 3.8) is 0 Å². The SMILES string of the molecule is O=C(Cc1coc(-c2ccccc2)n1)N[C@]12CCC[C@H]1OCC2. The number of aromatic nitrogens is 1. The van der Waals surface area contributed by atoms with Gasteiger partial charge in [0.15, 0.2) is 0 Å². The Bertz CT molecular complexity index is 685. The topological polar surface area (TPSA) is 64.4 Å². The minimum Gasteiger partial charge on any atom is -0.444 e. The largest absolute Gasteiger partial charge is 0.444 e. The lowest BCUT2D eigenvalue weighted by Crippen LogP contribution is -2.51. The van der Waals surface area contributed by atoms with Crippen molar-refractivity contribution in [2.75, 3.05) is 6.61 Å². The molecule has 5 nitrogen and oxygen atoms in total. The van der Waals surface area contributed by atoms with Gasteiger partial charge in [0.1, 0.15) is 6.26 Å². The second kappa shape index (κ2) is 5.81. The highest BCUT2D eigenvalue weighted by atomic mass is 16.5. The van der Waals surface area contributed by atoms with Crippen molar-refractivity contribution in [1.82, 2.24) is 10.3 Å². The molecule has 120 valence electrons. The summed E-state index contributed by atoms with van der Waals surface area (Å²) in [6.07, 6.45) is 6.08. The van der Waals surface area contributed by atoms with Crippen molar-refractivity contribution in [2.45, 2.75) is 43.7 Å². The van der Waals surface area contributed by atoms with Crippen LogP contribution in [0.4, 0.5) is 0 Å². The van der Waals surface area contributed by atoms with E-state index in [2.05, 4.69) is 10.3 Å². The Morgan fingerprint density at radius 1 is 1.30 bits per heavy atom. The van der Waals surface area contributed by atoms with Gasteiger partial charge < -0.3 is 14.5 Å². The number of rotatable bonds is 4. The molecule has 2 fully saturated rings. The first-order valence-electron chi connectivity index (χ1n) is 8.18. The van der Waals surface area contributed by atoms with Gasteiger partial charge in [-0.3, -0.25) is 4.79 Å². The zero-order valence-electron chi connectivity index (χ0n) is 13.0. The van der Waals surface area contributed by atoms with Gasteiger partial charge in [0.2, 0.25) is 11.8 Å². The average molecular weight is 312 g/mol. The summed E-state index contributed by atoms with van der Waals surface area (Å²) in [6.45, 7) is 0.743. The molecule has 1 saturated heterocycles. The Morgan fingerprint density at radius 3 is 3.04 bits per heavy atom. The maximum atomic E-state index is 12.4. The summed E-state index contributed by atoms with van der Waals surface area (Å²) in [4.78, 5) is 16.8. The van der Waals surface area contributed by atoms with E-state index in [1.165, 1.54) is 0 Å². The molecular weight excluding hydrogens is 292 g/mol. The second-order valence-corrected chi connectivity index (χ2v) is 6.39. The molecule has 0 bridgehead atoms. The van der Waals surface area contributed by atoms with Crippen LogP contribution in [0.1, 0.15) is 31.4 Å². The van der Waals surface area contributed by atoms with Crippen molar-refractivity contribution in [3.05, 3.63) is 42.3 Å².